The quantitative estimate of drug-likeness (QED) is 0.676. The average Bonchev–Trinajstić information content (AvgIpc) is 2.39. The predicted octanol–water partition coefficient (Wildman–Crippen LogP) is 3.21. The Morgan fingerprint density at radius 3 is 2.75 bits per heavy atom. The van der Waals surface area contributed by atoms with Crippen LogP contribution in [0.15, 0.2) is 12.3 Å². The van der Waals surface area contributed by atoms with Crippen LogP contribution in [0.3, 0.4) is 0 Å². The van der Waals surface area contributed by atoms with Gasteiger partial charge in [0.15, 0.2) is 0 Å². The van der Waals surface area contributed by atoms with Crippen molar-refractivity contribution in [2.45, 2.75) is 45.4 Å². The topological polar surface area (TPSA) is 85.1 Å². The first-order valence-electron chi connectivity index (χ1n) is 6.97. The molecule has 0 unspecified atom stereocenters. The number of nitrogens with zero attached hydrogens (tertiary/aromatic N) is 2. The molecule has 1 saturated carbocycles. The summed E-state index contributed by atoms with van der Waals surface area (Å²) in [6.07, 6.45) is 7.59. The first-order valence-corrected chi connectivity index (χ1v) is 6.97. The first-order chi connectivity index (χ1) is 9.56. The van der Waals surface area contributed by atoms with Gasteiger partial charge >= 0.3 is 0 Å². The number of nitro groups is 1. The molecule has 1 aliphatic carbocycles. The van der Waals surface area contributed by atoms with Crippen molar-refractivity contribution in [3.8, 4) is 0 Å². The number of nitrogens with one attached hydrogen (secondary N) is 1. The third kappa shape index (κ3) is 3.76. The summed E-state index contributed by atoms with van der Waals surface area (Å²) in [6.45, 7) is 1.64. The summed E-state index contributed by atoms with van der Waals surface area (Å²) in [4.78, 5) is 26.1. The molecule has 1 aliphatic rings. The Balaban J connectivity index is 1.93. The van der Waals surface area contributed by atoms with E-state index in [1.165, 1.54) is 31.5 Å². The van der Waals surface area contributed by atoms with E-state index in [-0.39, 0.29) is 11.6 Å². The Bertz CT molecular complexity index is 510. The van der Waals surface area contributed by atoms with Gasteiger partial charge in [-0.25, -0.2) is 4.98 Å². The van der Waals surface area contributed by atoms with Crippen molar-refractivity contribution in [2.75, 3.05) is 5.32 Å². The maximum absolute atomic E-state index is 11.9. The van der Waals surface area contributed by atoms with Gasteiger partial charge in [0, 0.05) is 12.0 Å². The highest BCUT2D eigenvalue weighted by Crippen LogP contribution is 2.26. The minimum Gasteiger partial charge on any atom is -0.311 e. The van der Waals surface area contributed by atoms with Crippen LogP contribution in [0.5, 0.6) is 0 Å². The number of pyridine rings is 1. The third-order valence-corrected chi connectivity index (χ3v) is 3.75. The summed E-state index contributed by atoms with van der Waals surface area (Å²) in [5.41, 5.74) is 0.466. The SMILES string of the molecule is Cc1cc(NC(=O)CC2CCCCC2)ncc1[N+](=O)[O-]. The fourth-order valence-electron chi connectivity index (χ4n) is 2.66. The molecule has 0 aliphatic heterocycles. The number of hydrogen-bond donors (Lipinski definition) is 1. The molecule has 0 saturated heterocycles. The Labute approximate surface area is 117 Å². The molecule has 0 bridgehead atoms. The highest BCUT2D eigenvalue weighted by atomic mass is 16.6. The van der Waals surface area contributed by atoms with Crippen LogP contribution in [0, 0.1) is 23.0 Å². The molecule has 0 atom stereocenters. The van der Waals surface area contributed by atoms with Crippen molar-refractivity contribution in [1.82, 2.24) is 4.98 Å². The van der Waals surface area contributed by atoms with Gasteiger partial charge in [0.25, 0.3) is 5.69 Å². The Morgan fingerprint density at radius 1 is 1.45 bits per heavy atom. The summed E-state index contributed by atoms with van der Waals surface area (Å²) in [6, 6.07) is 1.54. The molecular weight excluding hydrogens is 258 g/mol. The molecule has 6 nitrogen and oxygen atoms in total. The Morgan fingerprint density at radius 2 is 2.15 bits per heavy atom. The minimum absolute atomic E-state index is 0.0321. The number of aryl methyl sites for hydroxylation is 1. The summed E-state index contributed by atoms with van der Waals surface area (Å²) >= 11 is 0. The zero-order chi connectivity index (χ0) is 14.5. The highest BCUT2D eigenvalue weighted by molar-refractivity contribution is 5.90. The minimum atomic E-state index is -0.476. The van der Waals surface area contributed by atoms with Gasteiger partial charge in [0.2, 0.25) is 5.91 Å². The van der Waals surface area contributed by atoms with Crippen LogP contribution in [-0.2, 0) is 4.79 Å². The summed E-state index contributed by atoms with van der Waals surface area (Å²) < 4.78 is 0. The van der Waals surface area contributed by atoms with Crippen LogP contribution in [0.25, 0.3) is 0 Å². The monoisotopic (exact) mass is 277 g/mol. The fraction of sp³-hybridized carbons (Fsp3) is 0.571. The van der Waals surface area contributed by atoms with E-state index in [1.807, 2.05) is 0 Å². The van der Waals surface area contributed by atoms with Crippen molar-refractivity contribution in [1.29, 1.82) is 0 Å². The summed E-state index contributed by atoms with van der Waals surface area (Å²) in [5, 5.41) is 13.4. The average molecular weight is 277 g/mol. The molecule has 1 fully saturated rings. The standard InChI is InChI=1S/C14H19N3O3/c1-10-7-13(15-9-12(10)17(19)20)16-14(18)8-11-5-3-2-4-6-11/h7,9,11H,2-6,8H2,1H3,(H,15,16,18). The van der Waals surface area contributed by atoms with Crippen molar-refractivity contribution < 1.29 is 9.72 Å². The zero-order valence-corrected chi connectivity index (χ0v) is 11.6. The molecule has 0 aromatic carbocycles. The molecule has 0 radical (unpaired) electrons. The van der Waals surface area contributed by atoms with E-state index < -0.39 is 4.92 Å². The lowest BCUT2D eigenvalue weighted by atomic mass is 9.87. The van der Waals surface area contributed by atoms with E-state index in [0.717, 1.165) is 12.8 Å². The molecule has 1 aromatic heterocycles. The van der Waals surface area contributed by atoms with Gasteiger partial charge in [0.05, 0.1) is 4.92 Å². The number of carbonyl (C=O) groups excluding carboxylic acids is 1. The van der Waals surface area contributed by atoms with Crippen LogP contribution < -0.4 is 5.32 Å². The number of rotatable bonds is 4. The van der Waals surface area contributed by atoms with Crippen LogP contribution in [-0.4, -0.2) is 15.8 Å². The lowest BCUT2D eigenvalue weighted by Crippen LogP contribution is -2.19. The number of amides is 1. The van der Waals surface area contributed by atoms with Gasteiger partial charge in [-0.15, -0.1) is 0 Å². The van der Waals surface area contributed by atoms with Gasteiger partial charge in [-0.2, -0.15) is 0 Å². The van der Waals surface area contributed by atoms with Crippen molar-refractivity contribution in [2.24, 2.45) is 5.92 Å². The fourth-order valence-corrected chi connectivity index (χ4v) is 2.66. The zero-order valence-electron chi connectivity index (χ0n) is 11.6. The van der Waals surface area contributed by atoms with E-state index in [9.17, 15) is 14.9 Å². The Kier molecular flexibility index (Phi) is 4.65. The smallest absolute Gasteiger partial charge is 0.290 e. The van der Waals surface area contributed by atoms with Gasteiger partial charge in [-0.05, 0) is 31.7 Å². The molecule has 0 spiro atoms. The van der Waals surface area contributed by atoms with Crippen LogP contribution in [0.1, 0.15) is 44.1 Å². The van der Waals surface area contributed by atoms with E-state index in [0.29, 0.717) is 23.7 Å². The van der Waals surface area contributed by atoms with Crippen LogP contribution in [0.2, 0.25) is 0 Å². The molecule has 20 heavy (non-hydrogen) atoms. The number of carbonyl (C=O) groups is 1. The summed E-state index contributed by atoms with van der Waals surface area (Å²) in [7, 11) is 0. The number of anilines is 1. The molecule has 1 heterocycles. The second kappa shape index (κ2) is 6.45. The normalized spacial score (nSPS) is 15.8. The van der Waals surface area contributed by atoms with Crippen LogP contribution >= 0.6 is 0 Å². The van der Waals surface area contributed by atoms with E-state index in [1.54, 1.807) is 6.92 Å². The van der Waals surface area contributed by atoms with E-state index >= 15 is 0 Å². The molecule has 1 amide bonds. The first kappa shape index (κ1) is 14.4. The molecule has 1 N–H and O–H groups in total. The number of hydrogen-bond acceptors (Lipinski definition) is 4. The Hall–Kier alpha value is -1.98. The second-order valence-corrected chi connectivity index (χ2v) is 5.37. The lowest BCUT2D eigenvalue weighted by Gasteiger charge is -2.20. The van der Waals surface area contributed by atoms with E-state index in [4.69, 9.17) is 0 Å². The van der Waals surface area contributed by atoms with Gasteiger partial charge in [-0.1, -0.05) is 19.3 Å². The van der Waals surface area contributed by atoms with Crippen molar-refractivity contribution in [3.05, 3.63) is 27.9 Å². The molecule has 1 aromatic rings. The second-order valence-electron chi connectivity index (χ2n) is 5.37. The summed E-state index contributed by atoms with van der Waals surface area (Å²) in [5.74, 6) is 0.787. The van der Waals surface area contributed by atoms with Crippen molar-refractivity contribution >= 4 is 17.4 Å². The maximum Gasteiger partial charge on any atom is 0.290 e. The van der Waals surface area contributed by atoms with Gasteiger partial charge in [-0.3, -0.25) is 14.9 Å². The van der Waals surface area contributed by atoms with Crippen LogP contribution in [0.4, 0.5) is 11.5 Å². The largest absolute Gasteiger partial charge is 0.311 e. The lowest BCUT2D eigenvalue weighted by molar-refractivity contribution is -0.385. The van der Waals surface area contributed by atoms with Crippen molar-refractivity contribution in [3.63, 3.8) is 0 Å². The van der Waals surface area contributed by atoms with Gasteiger partial charge in [0.1, 0.15) is 12.0 Å². The molecular formula is C14H19N3O3. The van der Waals surface area contributed by atoms with Gasteiger partial charge < -0.3 is 5.32 Å². The molecule has 6 heteroatoms. The maximum atomic E-state index is 11.9. The molecule has 108 valence electrons. The van der Waals surface area contributed by atoms with E-state index in [2.05, 4.69) is 10.3 Å². The predicted molar refractivity (Wildman–Crippen MR) is 75.5 cm³/mol. The highest BCUT2D eigenvalue weighted by Gasteiger charge is 2.18. The molecule has 2 rings (SSSR count). The third-order valence-electron chi connectivity index (χ3n) is 3.75. The number of aromatic nitrogens is 1.